The highest BCUT2D eigenvalue weighted by molar-refractivity contribution is 7.15. The third kappa shape index (κ3) is 4.03. The number of nitrogens with zero attached hydrogens (tertiary/aromatic N) is 2. The molecule has 1 atom stereocenters. The summed E-state index contributed by atoms with van der Waals surface area (Å²) in [5, 5.41) is 11.9. The predicted octanol–water partition coefficient (Wildman–Crippen LogP) is 1.54. The minimum Gasteiger partial charge on any atom is -0.320 e. The molecule has 0 spiro atoms. The van der Waals surface area contributed by atoms with Gasteiger partial charge in [-0.15, -0.1) is 22.6 Å². The van der Waals surface area contributed by atoms with Crippen LogP contribution in [0, 0.1) is 0 Å². The maximum absolute atomic E-state index is 11.3. The first-order valence-electron chi connectivity index (χ1n) is 4.71. The van der Waals surface area contributed by atoms with Gasteiger partial charge in [-0.05, 0) is 6.92 Å². The molecule has 7 heteroatoms. The Labute approximate surface area is 105 Å². The topological polar surface area (TPSA) is 80.9 Å². The van der Waals surface area contributed by atoms with E-state index in [0.717, 1.165) is 5.01 Å². The van der Waals surface area contributed by atoms with E-state index in [2.05, 4.69) is 15.5 Å². The van der Waals surface area contributed by atoms with Gasteiger partial charge in [0.15, 0.2) is 0 Å². The third-order valence-electron chi connectivity index (χ3n) is 1.71. The van der Waals surface area contributed by atoms with Gasteiger partial charge in [0.2, 0.25) is 11.0 Å². The quantitative estimate of drug-likeness (QED) is 0.849. The standard InChI is InChI=1S/C9H16N4OS.ClH/c1-5(10)6(14)11-8-13-12-7(15-8)9(2,3)4;/h5H,10H2,1-4H3,(H,11,13,14);1H. The van der Waals surface area contributed by atoms with Crippen molar-refractivity contribution in [2.24, 2.45) is 5.73 Å². The maximum Gasteiger partial charge on any atom is 0.242 e. The fourth-order valence-corrected chi connectivity index (χ4v) is 1.60. The van der Waals surface area contributed by atoms with Crippen LogP contribution in [0.1, 0.15) is 32.7 Å². The van der Waals surface area contributed by atoms with Gasteiger partial charge in [-0.2, -0.15) is 0 Å². The second kappa shape index (κ2) is 5.56. The fraction of sp³-hybridized carbons (Fsp3) is 0.667. The molecule has 1 unspecified atom stereocenters. The smallest absolute Gasteiger partial charge is 0.242 e. The van der Waals surface area contributed by atoms with Crippen LogP contribution in [0.5, 0.6) is 0 Å². The molecule has 0 aliphatic heterocycles. The Balaban J connectivity index is 0.00000225. The van der Waals surface area contributed by atoms with Crippen LogP contribution in [0.3, 0.4) is 0 Å². The molecule has 0 fully saturated rings. The number of carbonyl (C=O) groups is 1. The fourth-order valence-electron chi connectivity index (χ4n) is 0.796. The number of carbonyl (C=O) groups excluding carboxylic acids is 1. The van der Waals surface area contributed by atoms with E-state index in [-0.39, 0.29) is 23.7 Å². The van der Waals surface area contributed by atoms with Crippen molar-refractivity contribution in [2.45, 2.75) is 39.2 Å². The summed E-state index contributed by atoms with van der Waals surface area (Å²) < 4.78 is 0. The molecule has 5 nitrogen and oxygen atoms in total. The lowest BCUT2D eigenvalue weighted by molar-refractivity contribution is -0.117. The van der Waals surface area contributed by atoms with Crippen molar-refractivity contribution in [3.05, 3.63) is 5.01 Å². The summed E-state index contributed by atoms with van der Waals surface area (Å²) in [5.74, 6) is -0.244. The Morgan fingerprint density at radius 3 is 2.38 bits per heavy atom. The molecule has 1 heterocycles. The largest absolute Gasteiger partial charge is 0.320 e. The second-order valence-electron chi connectivity index (χ2n) is 4.44. The Hall–Kier alpha value is -0.720. The number of rotatable bonds is 2. The Morgan fingerprint density at radius 1 is 1.44 bits per heavy atom. The van der Waals surface area contributed by atoms with Crippen molar-refractivity contribution in [2.75, 3.05) is 5.32 Å². The number of hydrogen-bond donors (Lipinski definition) is 2. The van der Waals surface area contributed by atoms with E-state index in [9.17, 15) is 4.79 Å². The first-order valence-corrected chi connectivity index (χ1v) is 5.53. The van der Waals surface area contributed by atoms with Gasteiger partial charge in [-0.3, -0.25) is 10.1 Å². The van der Waals surface area contributed by atoms with E-state index in [1.54, 1.807) is 6.92 Å². The van der Waals surface area contributed by atoms with Gasteiger partial charge in [0.05, 0.1) is 6.04 Å². The zero-order valence-electron chi connectivity index (χ0n) is 9.77. The molecule has 3 N–H and O–H groups in total. The van der Waals surface area contributed by atoms with Crippen molar-refractivity contribution in [3.63, 3.8) is 0 Å². The average Bonchev–Trinajstić information content (AvgIpc) is 2.51. The number of nitrogens with two attached hydrogens (primary N) is 1. The molecule has 0 radical (unpaired) electrons. The van der Waals surface area contributed by atoms with Crippen molar-refractivity contribution in [1.29, 1.82) is 0 Å². The van der Waals surface area contributed by atoms with Gasteiger partial charge >= 0.3 is 0 Å². The van der Waals surface area contributed by atoms with E-state index in [0.29, 0.717) is 5.13 Å². The normalized spacial score (nSPS) is 12.8. The van der Waals surface area contributed by atoms with E-state index < -0.39 is 6.04 Å². The molecule has 0 saturated carbocycles. The lowest BCUT2D eigenvalue weighted by atomic mass is 9.98. The van der Waals surface area contributed by atoms with Crippen LogP contribution in [0.25, 0.3) is 0 Å². The van der Waals surface area contributed by atoms with Crippen LogP contribution in [0.2, 0.25) is 0 Å². The molecule has 1 aromatic rings. The van der Waals surface area contributed by atoms with Gasteiger partial charge < -0.3 is 5.73 Å². The molecule has 1 aromatic heterocycles. The van der Waals surface area contributed by atoms with Crippen molar-refractivity contribution in [1.82, 2.24) is 10.2 Å². The van der Waals surface area contributed by atoms with E-state index >= 15 is 0 Å². The van der Waals surface area contributed by atoms with Gasteiger partial charge in [0.25, 0.3) is 0 Å². The summed E-state index contributed by atoms with van der Waals surface area (Å²) in [4.78, 5) is 11.3. The Morgan fingerprint density at radius 2 is 2.00 bits per heavy atom. The number of aromatic nitrogens is 2. The van der Waals surface area contributed by atoms with Crippen LogP contribution < -0.4 is 11.1 Å². The van der Waals surface area contributed by atoms with Gasteiger partial charge in [0, 0.05) is 5.41 Å². The number of anilines is 1. The lowest BCUT2D eigenvalue weighted by Crippen LogP contribution is -2.32. The molecule has 0 bridgehead atoms. The van der Waals surface area contributed by atoms with Crippen LogP contribution in [0.15, 0.2) is 0 Å². The van der Waals surface area contributed by atoms with Crippen molar-refractivity contribution < 1.29 is 4.79 Å². The zero-order chi connectivity index (χ0) is 11.6. The minimum absolute atomic E-state index is 0. The maximum atomic E-state index is 11.3. The summed E-state index contributed by atoms with van der Waals surface area (Å²) in [5.41, 5.74) is 5.37. The second-order valence-corrected chi connectivity index (χ2v) is 5.42. The Bertz CT molecular complexity index is 359. The number of halogens is 1. The highest BCUT2D eigenvalue weighted by Gasteiger charge is 2.20. The predicted molar refractivity (Wildman–Crippen MR) is 68.1 cm³/mol. The number of amides is 1. The van der Waals surface area contributed by atoms with E-state index in [4.69, 9.17) is 5.73 Å². The molecule has 0 aliphatic carbocycles. The van der Waals surface area contributed by atoms with Gasteiger partial charge in [0.1, 0.15) is 5.01 Å². The molecule has 0 saturated heterocycles. The summed E-state index contributed by atoms with van der Waals surface area (Å²) in [6.45, 7) is 7.76. The van der Waals surface area contributed by atoms with Gasteiger partial charge in [-0.25, -0.2) is 0 Å². The molecule has 16 heavy (non-hydrogen) atoms. The van der Waals surface area contributed by atoms with Gasteiger partial charge in [-0.1, -0.05) is 32.1 Å². The van der Waals surface area contributed by atoms with Crippen LogP contribution in [-0.2, 0) is 10.2 Å². The van der Waals surface area contributed by atoms with Crippen LogP contribution in [0.4, 0.5) is 5.13 Å². The molecule has 1 rings (SSSR count). The molecule has 1 amide bonds. The van der Waals surface area contributed by atoms with E-state index in [1.807, 2.05) is 20.8 Å². The summed E-state index contributed by atoms with van der Waals surface area (Å²) in [7, 11) is 0. The monoisotopic (exact) mass is 264 g/mol. The highest BCUT2D eigenvalue weighted by Crippen LogP contribution is 2.27. The number of hydrogen-bond acceptors (Lipinski definition) is 5. The minimum atomic E-state index is -0.535. The summed E-state index contributed by atoms with van der Waals surface area (Å²) in [6.07, 6.45) is 0. The van der Waals surface area contributed by atoms with Crippen molar-refractivity contribution >= 4 is 34.8 Å². The molecule has 92 valence electrons. The first kappa shape index (κ1) is 15.3. The average molecular weight is 265 g/mol. The van der Waals surface area contributed by atoms with Crippen LogP contribution in [-0.4, -0.2) is 22.1 Å². The SMILES string of the molecule is CC(N)C(=O)Nc1nnc(C(C)(C)C)s1.Cl. The third-order valence-corrected chi connectivity index (χ3v) is 2.97. The van der Waals surface area contributed by atoms with Crippen LogP contribution >= 0.6 is 23.7 Å². The molecular formula is C9H17ClN4OS. The van der Waals surface area contributed by atoms with Crippen molar-refractivity contribution in [3.8, 4) is 0 Å². The zero-order valence-corrected chi connectivity index (χ0v) is 11.4. The first-order chi connectivity index (χ1) is 6.80. The molecule has 0 aromatic carbocycles. The highest BCUT2D eigenvalue weighted by atomic mass is 35.5. The number of nitrogens with one attached hydrogen (secondary N) is 1. The summed E-state index contributed by atoms with van der Waals surface area (Å²) in [6, 6.07) is -0.535. The molecular weight excluding hydrogens is 248 g/mol. The van der Waals surface area contributed by atoms with E-state index in [1.165, 1.54) is 11.3 Å². The summed E-state index contributed by atoms with van der Waals surface area (Å²) >= 11 is 1.38. The lowest BCUT2D eigenvalue weighted by Gasteiger charge is -2.12. The molecule has 0 aliphatic rings. The Kier molecular flexibility index (Phi) is 5.31.